The van der Waals surface area contributed by atoms with E-state index in [4.69, 9.17) is 10.5 Å². The molecule has 0 aromatic rings. The number of ether oxygens (including phenoxy) is 1. The van der Waals surface area contributed by atoms with E-state index in [-0.39, 0.29) is 5.97 Å². The minimum atomic E-state index is -0.582. The average Bonchev–Trinajstić information content (AvgIpc) is 2.00. The van der Waals surface area contributed by atoms with Crippen LogP contribution in [0.3, 0.4) is 0 Å². The Bertz CT molecular complexity index is 216. The molecule has 82 valence electrons. The zero-order chi connectivity index (χ0) is 11.4. The number of nitrogens with two attached hydrogens (primary N) is 1. The van der Waals surface area contributed by atoms with Crippen LogP contribution in [0.15, 0.2) is 12.2 Å². The smallest absolute Gasteiger partial charge is 0.323 e. The summed E-state index contributed by atoms with van der Waals surface area (Å²) >= 11 is 0. The molecule has 14 heavy (non-hydrogen) atoms. The molecule has 3 nitrogen and oxygen atoms in total. The molecule has 0 aliphatic carbocycles. The lowest BCUT2D eigenvalue weighted by molar-refractivity contribution is -0.156. The highest BCUT2D eigenvalue weighted by Crippen LogP contribution is 2.11. The molecule has 0 radical (unpaired) electrons. The van der Waals surface area contributed by atoms with Gasteiger partial charge in [0, 0.05) is 0 Å². The van der Waals surface area contributed by atoms with Crippen LogP contribution in [0.25, 0.3) is 0 Å². The van der Waals surface area contributed by atoms with Gasteiger partial charge < -0.3 is 10.5 Å². The van der Waals surface area contributed by atoms with Crippen LogP contribution in [0, 0.1) is 0 Å². The molecule has 2 N–H and O–H groups in total. The van der Waals surface area contributed by atoms with Gasteiger partial charge in [-0.05, 0) is 33.6 Å². The van der Waals surface area contributed by atoms with Crippen molar-refractivity contribution in [3.63, 3.8) is 0 Å². The van der Waals surface area contributed by atoms with Crippen molar-refractivity contribution in [2.24, 2.45) is 5.73 Å². The first kappa shape index (κ1) is 13.2. The van der Waals surface area contributed by atoms with Crippen molar-refractivity contribution in [1.29, 1.82) is 0 Å². The fourth-order valence-electron chi connectivity index (χ4n) is 0.916. The van der Waals surface area contributed by atoms with Gasteiger partial charge in [0.1, 0.15) is 11.6 Å². The summed E-state index contributed by atoms with van der Waals surface area (Å²) in [4.78, 5) is 11.4. The molecule has 3 heteroatoms. The highest BCUT2D eigenvalue weighted by atomic mass is 16.6. The Morgan fingerprint density at radius 3 is 2.36 bits per heavy atom. The minimum Gasteiger partial charge on any atom is -0.459 e. The highest BCUT2D eigenvalue weighted by Gasteiger charge is 2.22. The molecular formula is C11H21NO2. The Balaban J connectivity index is 4.07. The zero-order valence-electron chi connectivity index (χ0n) is 9.59. The molecule has 0 bridgehead atoms. The van der Waals surface area contributed by atoms with E-state index in [0.29, 0.717) is 6.42 Å². The summed E-state index contributed by atoms with van der Waals surface area (Å²) in [6.45, 7) is 11.3. The van der Waals surface area contributed by atoms with Gasteiger partial charge in [-0.15, -0.1) is 0 Å². The van der Waals surface area contributed by atoms with Gasteiger partial charge in [0.15, 0.2) is 0 Å². The van der Waals surface area contributed by atoms with Crippen LogP contribution in [0.2, 0.25) is 0 Å². The van der Waals surface area contributed by atoms with Crippen molar-refractivity contribution < 1.29 is 9.53 Å². The second-order valence-corrected chi connectivity index (χ2v) is 4.45. The fraction of sp³-hybridized carbons (Fsp3) is 0.727. The maximum absolute atomic E-state index is 11.4. The number of hydrogen-bond donors (Lipinski definition) is 1. The summed E-state index contributed by atoms with van der Waals surface area (Å²) in [5.74, 6) is -0.355. The van der Waals surface area contributed by atoms with Gasteiger partial charge in [0.2, 0.25) is 0 Å². The summed E-state index contributed by atoms with van der Waals surface area (Å²) in [6.07, 6.45) is 1.35. The number of esters is 1. The second kappa shape index (κ2) is 5.15. The maximum atomic E-state index is 11.4. The lowest BCUT2D eigenvalue weighted by Crippen LogP contribution is -2.37. The molecule has 0 heterocycles. The fourth-order valence-corrected chi connectivity index (χ4v) is 0.916. The van der Waals surface area contributed by atoms with Crippen molar-refractivity contribution in [2.45, 2.75) is 52.2 Å². The standard InChI is InChI=1S/C11H21NO2/c1-6-8(2)7-9(12)10(13)14-11(3,4)5/h9H,2,6-7,12H2,1,3-5H3. The van der Waals surface area contributed by atoms with Crippen LogP contribution in [0.4, 0.5) is 0 Å². The van der Waals surface area contributed by atoms with Crippen LogP contribution < -0.4 is 5.73 Å². The van der Waals surface area contributed by atoms with E-state index in [2.05, 4.69) is 6.58 Å². The molecule has 0 aromatic carbocycles. The lowest BCUT2D eigenvalue weighted by Gasteiger charge is -2.22. The van der Waals surface area contributed by atoms with Crippen molar-refractivity contribution >= 4 is 5.97 Å². The predicted octanol–water partition coefficient (Wildman–Crippen LogP) is 2.01. The Hall–Kier alpha value is -0.830. The van der Waals surface area contributed by atoms with E-state index in [9.17, 15) is 4.79 Å². The van der Waals surface area contributed by atoms with Gasteiger partial charge in [0.05, 0.1) is 0 Å². The second-order valence-electron chi connectivity index (χ2n) is 4.45. The first-order valence-corrected chi connectivity index (χ1v) is 4.91. The van der Waals surface area contributed by atoms with Crippen LogP contribution in [-0.2, 0) is 9.53 Å². The molecule has 0 fully saturated rings. The number of hydrogen-bond acceptors (Lipinski definition) is 3. The van der Waals surface area contributed by atoms with Gasteiger partial charge in [-0.2, -0.15) is 0 Å². The van der Waals surface area contributed by atoms with E-state index < -0.39 is 11.6 Å². The van der Waals surface area contributed by atoms with Crippen LogP contribution >= 0.6 is 0 Å². The normalized spacial score (nSPS) is 13.5. The molecule has 0 aromatic heterocycles. The molecular weight excluding hydrogens is 178 g/mol. The topological polar surface area (TPSA) is 52.3 Å². The van der Waals surface area contributed by atoms with E-state index >= 15 is 0 Å². The summed E-state index contributed by atoms with van der Waals surface area (Å²) in [5.41, 5.74) is 6.17. The van der Waals surface area contributed by atoms with Crippen LogP contribution in [0.1, 0.15) is 40.5 Å². The third kappa shape index (κ3) is 5.75. The first-order valence-electron chi connectivity index (χ1n) is 4.91. The van der Waals surface area contributed by atoms with Crippen LogP contribution in [-0.4, -0.2) is 17.6 Å². The SMILES string of the molecule is C=C(CC)CC(N)C(=O)OC(C)(C)C. The predicted molar refractivity (Wildman–Crippen MR) is 57.9 cm³/mol. The molecule has 0 rings (SSSR count). The lowest BCUT2D eigenvalue weighted by atomic mass is 10.1. The van der Waals surface area contributed by atoms with Gasteiger partial charge in [-0.25, -0.2) is 0 Å². The zero-order valence-corrected chi connectivity index (χ0v) is 9.59. The maximum Gasteiger partial charge on any atom is 0.323 e. The highest BCUT2D eigenvalue weighted by molar-refractivity contribution is 5.76. The molecule has 0 spiro atoms. The summed E-state index contributed by atoms with van der Waals surface area (Å²) in [6, 6.07) is -0.582. The molecule has 0 aliphatic heterocycles. The van der Waals surface area contributed by atoms with Gasteiger partial charge >= 0.3 is 5.97 Å². The van der Waals surface area contributed by atoms with Crippen LogP contribution in [0.5, 0.6) is 0 Å². The minimum absolute atomic E-state index is 0.355. The first-order chi connectivity index (χ1) is 6.26. The Morgan fingerprint density at radius 2 is 2.00 bits per heavy atom. The van der Waals surface area contributed by atoms with Crippen molar-refractivity contribution in [3.8, 4) is 0 Å². The summed E-state index contributed by atoms with van der Waals surface area (Å²) < 4.78 is 5.14. The quantitative estimate of drug-likeness (QED) is 0.556. The van der Waals surface area contributed by atoms with Crippen molar-refractivity contribution in [1.82, 2.24) is 0 Å². The molecule has 0 aliphatic rings. The monoisotopic (exact) mass is 199 g/mol. The van der Waals surface area contributed by atoms with E-state index in [1.165, 1.54) is 0 Å². The van der Waals surface area contributed by atoms with Crippen molar-refractivity contribution in [2.75, 3.05) is 0 Å². The number of rotatable bonds is 4. The summed E-state index contributed by atoms with van der Waals surface area (Å²) in [7, 11) is 0. The Kier molecular flexibility index (Phi) is 4.85. The van der Waals surface area contributed by atoms with Gasteiger partial charge in [0.25, 0.3) is 0 Å². The molecule has 1 atom stereocenters. The molecule has 1 unspecified atom stereocenters. The molecule has 0 saturated heterocycles. The van der Waals surface area contributed by atoms with Crippen molar-refractivity contribution in [3.05, 3.63) is 12.2 Å². The summed E-state index contributed by atoms with van der Waals surface area (Å²) in [5, 5.41) is 0. The van der Waals surface area contributed by atoms with E-state index in [1.54, 1.807) is 0 Å². The average molecular weight is 199 g/mol. The van der Waals surface area contributed by atoms with E-state index in [1.807, 2.05) is 27.7 Å². The Labute approximate surface area is 86.3 Å². The largest absolute Gasteiger partial charge is 0.459 e. The van der Waals surface area contributed by atoms with E-state index in [0.717, 1.165) is 12.0 Å². The third-order valence-electron chi connectivity index (χ3n) is 1.72. The third-order valence-corrected chi connectivity index (χ3v) is 1.72. The van der Waals surface area contributed by atoms with Gasteiger partial charge in [-0.1, -0.05) is 19.1 Å². The number of carbonyl (C=O) groups excluding carboxylic acids is 1. The Morgan fingerprint density at radius 1 is 1.50 bits per heavy atom. The number of carbonyl (C=O) groups is 1. The molecule has 0 amide bonds. The molecule has 0 saturated carbocycles. The van der Waals surface area contributed by atoms with Gasteiger partial charge in [-0.3, -0.25) is 4.79 Å².